The van der Waals surface area contributed by atoms with Gasteiger partial charge in [-0.3, -0.25) is 0 Å². The predicted molar refractivity (Wildman–Crippen MR) is 176 cm³/mol. The van der Waals surface area contributed by atoms with E-state index in [9.17, 15) is 0 Å². The molecule has 0 amide bonds. The molecule has 0 radical (unpaired) electrons. The van der Waals surface area contributed by atoms with Gasteiger partial charge < -0.3 is 9.47 Å². The lowest BCUT2D eigenvalue weighted by Gasteiger charge is -2.22. The van der Waals surface area contributed by atoms with E-state index in [1.54, 1.807) is 0 Å². The second-order valence-electron chi connectivity index (χ2n) is 10.7. The molecule has 194 valence electrons. The van der Waals surface area contributed by atoms with Crippen LogP contribution in [0.5, 0.6) is 0 Å². The Bertz CT molecular complexity index is 2230. The van der Waals surface area contributed by atoms with E-state index in [1.165, 1.54) is 65.9 Å². The molecule has 0 N–H and O–H groups in total. The molecule has 0 fully saturated rings. The highest BCUT2D eigenvalue weighted by molar-refractivity contribution is 6.11. The van der Waals surface area contributed by atoms with Gasteiger partial charge >= 0.3 is 0 Å². The van der Waals surface area contributed by atoms with Crippen molar-refractivity contribution in [1.82, 2.24) is 4.57 Å². The molecule has 0 unspecified atom stereocenters. The van der Waals surface area contributed by atoms with E-state index in [1.807, 2.05) is 0 Å². The van der Waals surface area contributed by atoms with Crippen molar-refractivity contribution in [2.24, 2.45) is 0 Å². The van der Waals surface area contributed by atoms with Gasteiger partial charge in [-0.2, -0.15) is 0 Å². The molecule has 7 aromatic carbocycles. The Morgan fingerprint density at radius 3 is 1.90 bits per heavy atom. The van der Waals surface area contributed by atoms with Crippen molar-refractivity contribution >= 4 is 54.7 Å². The Balaban J connectivity index is 1.30. The highest BCUT2D eigenvalue weighted by Crippen LogP contribution is 2.38. The summed E-state index contributed by atoms with van der Waals surface area (Å²) in [5, 5.41) is 7.54. The number of hydrogen-bond acceptors (Lipinski definition) is 1. The van der Waals surface area contributed by atoms with Crippen LogP contribution in [-0.2, 0) is 0 Å². The van der Waals surface area contributed by atoms with Crippen LogP contribution in [0.3, 0.4) is 0 Å². The van der Waals surface area contributed by atoms with Gasteiger partial charge in [-0.15, -0.1) is 0 Å². The minimum atomic E-state index is 1.16. The van der Waals surface area contributed by atoms with Crippen molar-refractivity contribution in [2.75, 3.05) is 11.9 Å². The second kappa shape index (κ2) is 9.39. The number of aromatic nitrogens is 1. The first-order valence-electron chi connectivity index (χ1n) is 14.1. The van der Waals surface area contributed by atoms with Crippen LogP contribution >= 0.6 is 0 Å². The Hall–Kier alpha value is -5.34. The minimum absolute atomic E-state index is 1.16. The fraction of sp³-hybridized carbons (Fsp3) is 0.0256. The number of nitrogens with zero attached hydrogens (tertiary/aromatic N) is 2. The molecule has 8 rings (SSSR count). The maximum absolute atomic E-state index is 2.43. The molecule has 0 saturated heterocycles. The maximum atomic E-state index is 2.43. The topological polar surface area (TPSA) is 8.17 Å². The SMILES string of the molecule is CN(c1cccc(-c2ccc3c4ccccc4n(-c4cccc5ccccc45)c3c2)c1)c1cccc2ccccc12. The zero-order valence-electron chi connectivity index (χ0n) is 22.8. The van der Waals surface area contributed by atoms with Gasteiger partial charge in [0, 0.05) is 40.0 Å². The summed E-state index contributed by atoms with van der Waals surface area (Å²) in [5.41, 5.74) is 8.41. The van der Waals surface area contributed by atoms with E-state index in [2.05, 4.69) is 168 Å². The van der Waals surface area contributed by atoms with E-state index in [0.29, 0.717) is 0 Å². The van der Waals surface area contributed by atoms with Gasteiger partial charge in [-0.25, -0.2) is 0 Å². The second-order valence-corrected chi connectivity index (χ2v) is 10.7. The average Bonchev–Trinajstić information content (AvgIpc) is 3.37. The fourth-order valence-electron chi connectivity index (χ4n) is 6.35. The number of fused-ring (bicyclic) bond motifs is 5. The van der Waals surface area contributed by atoms with Crippen LogP contribution in [0.2, 0.25) is 0 Å². The van der Waals surface area contributed by atoms with E-state index >= 15 is 0 Å². The van der Waals surface area contributed by atoms with Gasteiger partial charge in [-0.05, 0) is 58.3 Å². The third-order valence-corrected chi connectivity index (χ3v) is 8.38. The number of rotatable bonds is 4. The normalized spacial score (nSPS) is 11.5. The first-order chi connectivity index (χ1) is 20.3. The Morgan fingerprint density at radius 2 is 1.05 bits per heavy atom. The monoisotopic (exact) mass is 524 g/mol. The van der Waals surface area contributed by atoms with Crippen LogP contribution in [0.15, 0.2) is 152 Å². The van der Waals surface area contributed by atoms with E-state index < -0.39 is 0 Å². The Labute approximate surface area is 239 Å². The highest BCUT2D eigenvalue weighted by atomic mass is 15.1. The summed E-state index contributed by atoms with van der Waals surface area (Å²) in [4.78, 5) is 2.29. The van der Waals surface area contributed by atoms with Crippen molar-refractivity contribution < 1.29 is 0 Å². The molecule has 0 aliphatic heterocycles. The molecule has 2 nitrogen and oxygen atoms in total. The van der Waals surface area contributed by atoms with Gasteiger partial charge in [0.15, 0.2) is 0 Å². The Kier molecular flexibility index (Phi) is 5.39. The largest absolute Gasteiger partial charge is 0.344 e. The lowest BCUT2D eigenvalue weighted by atomic mass is 10.0. The third kappa shape index (κ3) is 3.80. The maximum Gasteiger partial charge on any atom is 0.0547 e. The molecule has 0 aliphatic carbocycles. The molecule has 0 bridgehead atoms. The summed E-state index contributed by atoms with van der Waals surface area (Å²) in [7, 11) is 2.16. The Morgan fingerprint density at radius 1 is 0.439 bits per heavy atom. The first kappa shape index (κ1) is 23.5. The fourth-order valence-corrected chi connectivity index (χ4v) is 6.35. The molecule has 1 heterocycles. The molecule has 8 aromatic rings. The summed E-state index contributed by atoms with van der Waals surface area (Å²) >= 11 is 0. The number of benzene rings is 7. The molecule has 0 spiro atoms. The van der Waals surface area contributed by atoms with Crippen molar-refractivity contribution in [2.45, 2.75) is 0 Å². The zero-order valence-corrected chi connectivity index (χ0v) is 22.8. The summed E-state index contributed by atoms with van der Waals surface area (Å²) in [6.45, 7) is 0. The van der Waals surface area contributed by atoms with Gasteiger partial charge in [0.1, 0.15) is 0 Å². The van der Waals surface area contributed by atoms with Crippen molar-refractivity contribution in [3.05, 3.63) is 152 Å². The molecule has 0 saturated carbocycles. The standard InChI is InChI=1S/C39H28N2/c1-40(36-21-9-13-27-11-2-4-17-32(27)36)31-16-8-15-29(25-31)30-23-24-35-34-19-6-7-20-38(34)41(39(35)26-30)37-22-10-14-28-12-3-5-18-33(28)37/h2-26H,1H3. The van der Waals surface area contributed by atoms with Gasteiger partial charge in [0.2, 0.25) is 0 Å². The summed E-state index contributed by atoms with van der Waals surface area (Å²) < 4.78 is 2.43. The average molecular weight is 525 g/mol. The van der Waals surface area contributed by atoms with E-state index in [-0.39, 0.29) is 0 Å². The zero-order chi connectivity index (χ0) is 27.3. The van der Waals surface area contributed by atoms with Crippen molar-refractivity contribution in [3.8, 4) is 16.8 Å². The summed E-state index contributed by atoms with van der Waals surface area (Å²) in [5.74, 6) is 0. The summed E-state index contributed by atoms with van der Waals surface area (Å²) in [6, 6.07) is 54.8. The van der Waals surface area contributed by atoms with E-state index in [4.69, 9.17) is 0 Å². The van der Waals surface area contributed by atoms with Crippen LogP contribution in [0, 0.1) is 0 Å². The number of hydrogen-bond donors (Lipinski definition) is 0. The molecule has 2 heteroatoms. The van der Waals surface area contributed by atoms with Gasteiger partial charge in [-0.1, -0.05) is 115 Å². The van der Waals surface area contributed by atoms with Gasteiger partial charge in [0.25, 0.3) is 0 Å². The lowest BCUT2D eigenvalue weighted by molar-refractivity contribution is 1.20. The smallest absolute Gasteiger partial charge is 0.0547 e. The number of anilines is 2. The molecule has 0 aliphatic rings. The van der Waals surface area contributed by atoms with Gasteiger partial charge in [0.05, 0.1) is 16.7 Å². The van der Waals surface area contributed by atoms with Crippen LogP contribution < -0.4 is 4.90 Å². The summed E-state index contributed by atoms with van der Waals surface area (Å²) in [6.07, 6.45) is 0. The lowest BCUT2D eigenvalue weighted by Crippen LogP contribution is -2.09. The quantitative estimate of drug-likeness (QED) is 0.222. The molecular weight excluding hydrogens is 496 g/mol. The van der Waals surface area contributed by atoms with Crippen molar-refractivity contribution in [3.63, 3.8) is 0 Å². The third-order valence-electron chi connectivity index (χ3n) is 8.38. The van der Waals surface area contributed by atoms with Crippen molar-refractivity contribution in [1.29, 1.82) is 0 Å². The van der Waals surface area contributed by atoms with Crippen LogP contribution in [-0.4, -0.2) is 11.6 Å². The molecule has 1 aromatic heterocycles. The number of para-hydroxylation sites is 1. The minimum Gasteiger partial charge on any atom is -0.344 e. The van der Waals surface area contributed by atoms with Crippen LogP contribution in [0.25, 0.3) is 60.2 Å². The highest BCUT2D eigenvalue weighted by Gasteiger charge is 2.15. The van der Waals surface area contributed by atoms with E-state index in [0.717, 1.165) is 5.69 Å². The molecular formula is C39H28N2. The molecule has 41 heavy (non-hydrogen) atoms. The van der Waals surface area contributed by atoms with Crippen LogP contribution in [0.1, 0.15) is 0 Å². The predicted octanol–water partition coefficient (Wildman–Crippen LogP) is 10.5. The van der Waals surface area contributed by atoms with Crippen LogP contribution in [0.4, 0.5) is 11.4 Å². The first-order valence-corrected chi connectivity index (χ1v) is 14.1. The molecule has 0 atom stereocenters.